The van der Waals surface area contributed by atoms with Crippen molar-refractivity contribution in [2.45, 2.75) is 53.1 Å². The minimum absolute atomic E-state index is 0.0211. The van der Waals surface area contributed by atoms with E-state index in [4.69, 9.17) is 5.73 Å². The van der Waals surface area contributed by atoms with Gasteiger partial charge in [0.2, 0.25) is 5.91 Å². The largest absolute Gasteiger partial charge is 0.467 e. The summed E-state index contributed by atoms with van der Waals surface area (Å²) in [6.07, 6.45) is 0.198. The van der Waals surface area contributed by atoms with Crippen molar-refractivity contribution in [1.29, 1.82) is 0 Å². The van der Waals surface area contributed by atoms with E-state index in [1.807, 2.05) is 34.6 Å². The molecule has 2 atom stereocenters. The number of nitrogens with one attached hydrogen (secondary N) is 1. The Morgan fingerprint density at radius 3 is 2.11 bits per heavy atom. The average Bonchev–Trinajstić information content (AvgIpc) is 2.23. The molecule has 0 aromatic carbocycles. The second-order valence-corrected chi connectivity index (χ2v) is 5.99. The van der Waals surface area contributed by atoms with Gasteiger partial charge in [-0.2, -0.15) is 0 Å². The molecule has 0 rings (SSSR count). The quantitative estimate of drug-likeness (QED) is 0.723. The molecule has 0 spiro atoms. The van der Waals surface area contributed by atoms with E-state index in [1.54, 1.807) is 0 Å². The van der Waals surface area contributed by atoms with Crippen LogP contribution in [-0.4, -0.2) is 31.1 Å². The second-order valence-electron chi connectivity index (χ2n) is 5.99. The number of carbonyl (C=O) groups is 2. The standard InChI is InChI=1S/C13H26N2O3/c1-8(2)11(12(17)18-6)15-10(16)7-9(14)13(3,4)5/h8-9,11H,7,14H2,1-6H3,(H,15,16). The highest BCUT2D eigenvalue weighted by atomic mass is 16.5. The number of hydrogen-bond acceptors (Lipinski definition) is 4. The van der Waals surface area contributed by atoms with Crippen molar-refractivity contribution >= 4 is 11.9 Å². The first-order valence-corrected chi connectivity index (χ1v) is 6.22. The highest BCUT2D eigenvalue weighted by Crippen LogP contribution is 2.19. The fourth-order valence-corrected chi connectivity index (χ4v) is 1.36. The summed E-state index contributed by atoms with van der Waals surface area (Å²) in [6.45, 7) is 9.64. The van der Waals surface area contributed by atoms with Crippen LogP contribution >= 0.6 is 0 Å². The Morgan fingerprint density at radius 2 is 1.78 bits per heavy atom. The Balaban J connectivity index is 4.49. The van der Waals surface area contributed by atoms with Crippen LogP contribution in [0.4, 0.5) is 0 Å². The third-order valence-corrected chi connectivity index (χ3v) is 2.96. The third-order valence-electron chi connectivity index (χ3n) is 2.96. The number of esters is 1. The van der Waals surface area contributed by atoms with Crippen LogP contribution in [0, 0.1) is 11.3 Å². The van der Waals surface area contributed by atoms with Gasteiger partial charge in [-0.15, -0.1) is 0 Å². The van der Waals surface area contributed by atoms with Crippen LogP contribution in [0.1, 0.15) is 41.0 Å². The highest BCUT2D eigenvalue weighted by Gasteiger charge is 2.28. The Hall–Kier alpha value is -1.10. The van der Waals surface area contributed by atoms with Gasteiger partial charge in [-0.25, -0.2) is 4.79 Å². The lowest BCUT2D eigenvalue weighted by molar-refractivity contribution is -0.146. The van der Waals surface area contributed by atoms with E-state index in [9.17, 15) is 9.59 Å². The van der Waals surface area contributed by atoms with Gasteiger partial charge in [0.05, 0.1) is 7.11 Å². The molecule has 0 heterocycles. The van der Waals surface area contributed by atoms with E-state index in [2.05, 4.69) is 10.1 Å². The minimum atomic E-state index is -0.616. The second kappa shape index (κ2) is 6.73. The molecule has 0 aliphatic rings. The molecule has 0 saturated heterocycles. The monoisotopic (exact) mass is 258 g/mol. The normalized spacial score (nSPS) is 15.1. The average molecular weight is 258 g/mol. The fraction of sp³-hybridized carbons (Fsp3) is 0.846. The summed E-state index contributed by atoms with van der Waals surface area (Å²) in [5.41, 5.74) is 5.79. The zero-order chi connectivity index (χ0) is 14.5. The van der Waals surface area contributed by atoms with E-state index < -0.39 is 12.0 Å². The molecule has 0 aliphatic carbocycles. The van der Waals surface area contributed by atoms with Crippen LogP contribution in [0.15, 0.2) is 0 Å². The summed E-state index contributed by atoms with van der Waals surface area (Å²) in [4.78, 5) is 23.3. The molecular formula is C13H26N2O3. The van der Waals surface area contributed by atoms with Crippen LogP contribution < -0.4 is 11.1 Å². The molecule has 0 bridgehead atoms. The number of rotatable bonds is 5. The van der Waals surface area contributed by atoms with Gasteiger partial charge in [0.1, 0.15) is 6.04 Å². The van der Waals surface area contributed by atoms with Gasteiger partial charge < -0.3 is 15.8 Å². The maximum Gasteiger partial charge on any atom is 0.328 e. The number of nitrogens with two attached hydrogens (primary N) is 1. The van der Waals surface area contributed by atoms with Crippen LogP contribution in [0.25, 0.3) is 0 Å². The van der Waals surface area contributed by atoms with E-state index in [-0.39, 0.29) is 29.7 Å². The predicted octanol–water partition coefficient (Wildman–Crippen LogP) is 1.06. The maximum atomic E-state index is 11.8. The molecule has 0 fully saturated rings. The molecule has 5 heteroatoms. The number of carbonyl (C=O) groups excluding carboxylic acids is 2. The van der Waals surface area contributed by atoms with Crippen LogP contribution in [-0.2, 0) is 14.3 Å². The van der Waals surface area contributed by atoms with Gasteiger partial charge in [0.15, 0.2) is 0 Å². The number of hydrogen-bond donors (Lipinski definition) is 2. The molecular weight excluding hydrogens is 232 g/mol. The van der Waals surface area contributed by atoms with Gasteiger partial charge >= 0.3 is 5.97 Å². The molecule has 18 heavy (non-hydrogen) atoms. The fourth-order valence-electron chi connectivity index (χ4n) is 1.36. The Morgan fingerprint density at radius 1 is 1.28 bits per heavy atom. The van der Waals surface area contributed by atoms with E-state index in [0.29, 0.717) is 0 Å². The molecule has 2 unspecified atom stereocenters. The van der Waals surface area contributed by atoms with E-state index in [0.717, 1.165) is 0 Å². The van der Waals surface area contributed by atoms with Crippen LogP contribution in [0.3, 0.4) is 0 Å². The summed E-state index contributed by atoms with van der Waals surface area (Å²) < 4.78 is 4.66. The van der Waals surface area contributed by atoms with Crippen molar-refractivity contribution in [2.75, 3.05) is 7.11 Å². The lowest BCUT2D eigenvalue weighted by Gasteiger charge is -2.27. The Kier molecular flexibility index (Phi) is 6.32. The molecule has 0 aromatic heterocycles. The van der Waals surface area contributed by atoms with E-state index >= 15 is 0 Å². The molecule has 0 aromatic rings. The van der Waals surface area contributed by atoms with Gasteiger partial charge in [0.25, 0.3) is 0 Å². The lowest BCUT2D eigenvalue weighted by Crippen LogP contribution is -2.48. The molecule has 1 amide bonds. The number of ether oxygens (including phenoxy) is 1. The summed E-state index contributed by atoms with van der Waals surface area (Å²) in [5.74, 6) is -0.670. The minimum Gasteiger partial charge on any atom is -0.467 e. The van der Waals surface area contributed by atoms with Crippen molar-refractivity contribution in [1.82, 2.24) is 5.32 Å². The first-order chi connectivity index (χ1) is 8.09. The molecule has 0 aliphatic heterocycles. The van der Waals surface area contributed by atoms with Gasteiger partial charge in [-0.1, -0.05) is 34.6 Å². The van der Waals surface area contributed by atoms with Crippen molar-refractivity contribution in [3.8, 4) is 0 Å². The first kappa shape index (κ1) is 16.9. The molecule has 5 nitrogen and oxygen atoms in total. The smallest absolute Gasteiger partial charge is 0.328 e. The third kappa shape index (κ3) is 5.49. The zero-order valence-electron chi connectivity index (χ0n) is 12.2. The number of methoxy groups -OCH3 is 1. The Labute approximate surface area is 109 Å². The zero-order valence-corrected chi connectivity index (χ0v) is 12.2. The van der Waals surface area contributed by atoms with E-state index in [1.165, 1.54) is 7.11 Å². The summed E-state index contributed by atoms with van der Waals surface area (Å²) in [5, 5.41) is 2.68. The summed E-state index contributed by atoms with van der Waals surface area (Å²) in [7, 11) is 1.31. The topological polar surface area (TPSA) is 81.4 Å². The highest BCUT2D eigenvalue weighted by molar-refractivity contribution is 5.84. The number of amides is 1. The van der Waals surface area contributed by atoms with Crippen molar-refractivity contribution in [3.63, 3.8) is 0 Å². The van der Waals surface area contributed by atoms with Gasteiger partial charge in [-0.3, -0.25) is 4.79 Å². The van der Waals surface area contributed by atoms with Crippen molar-refractivity contribution in [2.24, 2.45) is 17.1 Å². The first-order valence-electron chi connectivity index (χ1n) is 6.22. The molecule has 3 N–H and O–H groups in total. The van der Waals surface area contributed by atoms with Crippen molar-refractivity contribution in [3.05, 3.63) is 0 Å². The van der Waals surface area contributed by atoms with Gasteiger partial charge in [0, 0.05) is 12.5 Å². The van der Waals surface area contributed by atoms with Crippen LogP contribution in [0.2, 0.25) is 0 Å². The molecule has 0 radical (unpaired) electrons. The SMILES string of the molecule is COC(=O)C(NC(=O)CC(N)C(C)(C)C)C(C)C. The summed E-state index contributed by atoms with van der Waals surface area (Å²) >= 11 is 0. The Bertz CT molecular complexity index is 295. The molecule has 106 valence electrons. The predicted molar refractivity (Wildman–Crippen MR) is 70.8 cm³/mol. The van der Waals surface area contributed by atoms with Crippen LogP contribution in [0.5, 0.6) is 0 Å². The van der Waals surface area contributed by atoms with Crippen molar-refractivity contribution < 1.29 is 14.3 Å². The maximum absolute atomic E-state index is 11.8. The van der Waals surface area contributed by atoms with Gasteiger partial charge in [-0.05, 0) is 11.3 Å². The summed E-state index contributed by atoms with van der Waals surface area (Å²) in [6, 6.07) is -0.863. The lowest BCUT2D eigenvalue weighted by atomic mass is 9.85. The molecule has 0 saturated carbocycles.